The van der Waals surface area contributed by atoms with Gasteiger partial charge in [-0.2, -0.15) is 0 Å². The molecule has 0 saturated carbocycles. The van der Waals surface area contributed by atoms with Crippen LogP contribution in [0.25, 0.3) is 11.0 Å². The lowest BCUT2D eigenvalue weighted by Gasteiger charge is -2.24. The minimum atomic E-state index is -0.579. The number of hydrogen-bond acceptors (Lipinski definition) is 5. The fourth-order valence-corrected chi connectivity index (χ4v) is 2.92. The number of nitrogens with zero attached hydrogens (tertiary/aromatic N) is 3. The fraction of sp³-hybridized carbons (Fsp3) is 0.222. The van der Waals surface area contributed by atoms with Crippen molar-refractivity contribution in [2.24, 2.45) is 0 Å². The number of methoxy groups -OCH3 is 2. The summed E-state index contributed by atoms with van der Waals surface area (Å²) in [7, 11) is 2.83. The Balaban J connectivity index is 2.17. The van der Waals surface area contributed by atoms with Crippen molar-refractivity contribution >= 4 is 34.1 Å². The maximum atomic E-state index is 14.9. The van der Waals surface area contributed by atoms with Gasteiger partial charge in [-0.15, -0.1) is 0 Å². The zero-order chi connectivity index (χ0) is 18.0. The van der Waals surface area contributed by atoms with Crippen molar-refractivity contribution in [2.75, 3.05) is 25.7 Å². The summed E-state index contributed by atoms with van der Waals surface area (Å²) in [5.41, 5.74) is 1.76. The van der Waals surface area contributed by atoms with Gasteiger partial charge in [-0.25, -0.2) is 9.37 Å². The number of rotatable bonds is 5. The highest BCUT2D eigenvalue weighted by Crippen LogP contribution is 2.43. The van der Waals surface area contributed by atoms with Crippen molar-refractivity contribution in [2.45, 2.75) is 6.92 Å². The van der Waals surface area contributed by atoms with E-state index in [9.17, 15) is 4.39 Å². The SMILES string of the molecule is CCN(c1cnc2ccccc2n1)c1cc(OC)c(Cl)c(OC)c1F. The molecule has 130 valence electrons. The van der Waals surface area contributed by atoms with E-state index in [4.69, 9.17) is 21.1 Å². The van der Waals surface area contributed by atoms with Gasteiger partial charge < -0.3 is 14.4 Å². The standard InChI is InChI=1S/C18H17ClFN3O2/c1-4-23(15-10-21-11-7-5-6-8-12(11)22-15)13-9-14(24-2)16(19)18(25-3)17(13)20/h5-10H,4H2,1-3H3. The molecule has 0 saturated heterocycles. The van der Waals surface area contributed by atoms with Crippen LogP contribution in [0.15, 0.2) is 36.5 Å². The van der Waals surface area contributed by atoms with E-state index < -0.39 is 5.82 Å². The number of hydrogen-bond donors (Lipinski definition) is 0. The van der Waals surface area contributed by atoms with Crippen LogP contribution in [0.4, 0.5) is 15.9 Å². The van der Waals surface area contributed by atoms with Crippen molar-refractivity contribution < 1.29 is 13.9 Å². The van der Waals surface area contributed by atoms with Crippen LogP contribution in [0.3, 0.4) is 0 Å². The van der Waals surface area contributed by atoms with Crippen molar-refractivity contribution in [3.8, 4) is 11.5 Å². The molecule has 0 N–H and O–H groups in total. The molecule has 3 rings (SSSR count). The first-order valence-corrected chi connectivity index (χ1v) is 8.07. The van der Waals surface area contributed by atoms with E-state index in [-0.39, 0.29) is 16.5 Å². The summed E-state index contributed by atoms with van der Waals surface area (Å²) in [6.07, 6.45) is 1.61. The molecule has 7 heteroatoms. The molecule has 2 aromatic carbocycles. The third-order valence-corrected chi connectivity index (χ3v) is 4.21. The number of fused-ring (bicyclic) bond motifs is 1. The van der Waals surface area contributed by atoms with Crippen molar-refractivity contribution in [3.05, 3.63) is 47.4 Å². The second kappa shape index (κ2) is 7.11. The summed E-state index contributed by atoms with van der Waals surface area (Å²) in [5.74, 6) is 0.196. The number of aromatic nitrogens is 2. The topological polar surface area (TPSA) is 47.5 Å². The lowest BCUT2D eigenvalue weighted by Crippen LogP contribution is -2.19. The van der Waals surface area contributed by atoms with Crippen LogP contribution in [-0.4, -0.2) is 30.7 Å². The Kier molecular flexibility index (Phi) is 4.90. The van der Waals surface area contributed by atoms with Crippen molar-refractivity contribution in [1.29, 1.82) is 0 Å². The molecule has 0 aliphatic rings. The largest absolute Gasteiger partial charge is 0.495 e. The summed E-state index contributed by atoms with van der Waals surface area (Å²) in [4.78, 5) is 10.7. The average molecular weight is 362 g/mol. The highest BCUT2D eigenvalue weighted by molar-refractivity contribution is 6.33. The van der Waals surface area contributed by atoms with Gasteiger partial charge in [-0.1, -0.05) is 23.7 Å². The molecule has 0 aliphatic carbocycles. The van der Waals surface area contributed by atoms with Gasteiger partial charge in [0.25, 0.3) is 0 Å². The van der Waals surface area contributed by atoms with Gasteiger partial charge in [0.2, 0.25) is 0 Å². The maximum Gasteiger partial charge on any atom is 0.190 e. The predicted octanol–water partition coefficient (Wildman–Crippen LogP) is 4.60. The predicted molar refractivity (Wildman–Crippen MR) is 96.7 cm³/mol. The van der Waals surface area contributed by atoms with Crippen LogP contribution in [-0.2, 0) is 0 Å². The number of halogens is 2. The van der Waals surface area contributed by atoms with Crippen molar-refractivity contribution in [1.82, 2.24) is 9.97 Å². The van der Waals surface area contributed by atoms with E-state index in [2.05, 4.69) is 9.97 Å². The molecule has 0 atom stereocenters. The Bertz CT molecular complexity index is 920. The number of ether oxygens (including phenoxy) is 2. The van der Waals surface area contributed by atoms with E-state index in [0.717, 1.165) is 11.0 Å². The van der Waals surface area contributed by atoms with Crippen LogP contribution in [0.1, 0.15) is 6.92 Å². The van der Waals surface area contributed by atoms with Crippen molar-refractivity contribution in [3.63, 3.8) is 0 Å². The van der Waals surface area contributed by atoms with Crippen LogP contribution >= 0.6 is 11.6 Å². The summed E-state index contributed by atoms with van der Waals surface area (Å²) in [5, 5.41) is 0.0897. The van der Waals surface area contributed by atoms with Crippen LogP contribution in [0.2, 0.25) is 5.02 Å². The second-order valence-electron chi connectivity index (χ2n) is 5.22. The Morgan fingerprint density at radius 1 is 1.16 bits per heavy atom. The van der Waals surface area contributed by atoms with Crippen LogP contribution in [0.5, 0.6) is 11.5 Å². The van der Waals surface area contributed by atoms with Crippen LogP contribution in [0, 0.1) is 5.82 Å². The van der Waals surface area contributed by atoms with E-state index in [1.54, 1.807) is 11.1 Å². The zero-order valence-corrected chi connectivity index (χ0v) is 14.8. The fourth-order valence-electron chi connectivity index (χ4n) is 2.63. The lowest BCUT2D eigenvalue weighted by molar-refractivity contribution is 0.374. The highest BCUT2D eigenvalue weighted by atomic mass is 35.5. The molecular weight excluding hydrogens is 345 g/mol. The Hall–Kier alpha value is -2.60. The first-order chi connectivity index (χ1) is 12.1. The van der Waals surface area contributed by atoms with Crippen LogP contribution < -0.4 is 14.4 Å². The highest BCUT2D eigenvalue weighted by Gasteiger charge is 2.23. The number of anilines is 2. The lowest BCUT2D eigenvalue weighted by atomic mass is 10.2. The molecule has 25 heavy (non-hydrogen) atoms. The van der Waals surface area contributed by atoms with Gasteiger partial charge in [0.15, 0.2) is 17.4 Å². The normalized spacial score (nSPS) is 10.8. The zero-order valence-electron chi connectivity index (χ0n) is 14.1. The molecule has 0 aliphatic heterocycles. The first-order valence-electron chi connectivity index (χ1n) is 7.70. The number of para-hydroxylation sites is 2. The molecule has 0 unspecified atom stereocenters. The molecule has 1 heterocycles. The monoisotopic (exact) mass is 361 g/mol. The van der Waals surface area contributed by atoms with E-state index >= 15 is 0 Å². The molecular formula is C18H17ClFN3O2. The Morgan fingerprint density at radius 2 is 1.88 bits per heavy atom. The van der Waals surface area contributed by atoms with Gasteiger partial charge >= 0.3 is 0 Å². The van der Waals surface area contributed by atoms with Gasteiger partial charge in [0, 0.05) is 12.6 Å². The van der Waals surface area contributed by atoms with E-state index in [1.807, 2.05) is 31.2 Å². The maximum absolute atomic E-state index is 14.9. The number of benzene rings is 2. The molecule has 0 fully saturated rings. The summed E-state index contributed by atoms with van der Waals surface area (Å²) in [6.45, 7) is 2.36. The third-order valence-electron chi connectivity index (χ3n) is 3.85. The summed E-state index contributed by atoms with van der Waals surface area (Å²) < 4.78 is 25.3. The van der Waals surface area contributed by atoms with Gasteiger partial charge in [0.1, 0.15) is 10.8 Å². The molecule has 5 nitrogen and oxygen atoms in total. The summed E-state index contributed by atoms with van der Waals surface area (Å²) in [6, 6.07) is 9.03. The Labute approximate surface area is 150 Å². The molecule has 0 bridgehead atoms. The van der Waals surface area contributed by atoms with Gasteiger partial charge in [-0.3, -0.25) is 4.98 Å². The van der Waals surface area contributed by atoms with Gasteiger partial charge in [-0.05, 0) is 19.1 Å². The van der Waals surface area contributed by atoms with E-state index in [1.165, 1.54) is 20.3 Å². The molecule has 3 aromatic rings. The molecule has 1 aromatic heterocycles. The average Bonchev–Trinajstić information content (AvgIpc) is 2.64. The Morgan fingerprint density at radius 3 is 2.52 bits per heavy atom. The second-order valence-corrected chi connectivity index (χ2v) is 5.60. The molecule has 0 spiro atoms. The molecule has 0 amide bonds. The van der Waals surface area contributed by atoms with Gasteiger partial charge in [0.05, 0.1) is 37.1 Å². The smallest absolute Gasteiger partial charge is 0.190 e. The van der Waals surface area contributed by atoms with E-state index in [0.29, 0.717) is 18.1 Å². The minimum Gasteiger partial charge on any atom is -0.495 e. The minimum absolute atomic E-state index is 0.0665. The summed E-state index contributed by atoms with van der Waals surface area (Å²) >= 11 is 6.12. The molecule has 0 radical (unpaired) electrons. The third kappa shape index (κ3) is 3.05. The first kappa shape index (κ1) is 17.2. The quantitative estimate of drug-likeness (QED) is 0.664.